The summed E-state index contributed by atoms with van der Waals surface area (Å²) in [4.78, 5) is 38.2. The Labute approximate surface area is 288 Å². The number of likely N-dealkylation sites (N-methyl/N-ethyl adjacent to an activating group) is 1. The fourth-order valence-electron chi connectivity index (χ4n) is 5.01. The van der Waals surface area contributed by atoms with Crippen LogP contribution in [0.1, 0.15) is 61.7 Å². The van der Waals surface area contributed by atoms with Crippen LogP contribution >= 0.6 is 22.7 Å². The van der Waals surface area contributed by atoms with Gasteiger partial charge in [-0.2, -0.15) is 10.2 Å². The van der Waals surface area contributed by atoms with Crippen molar-refractivity contribution in [2.24, 2.45) is 0 Å². The molecular weight excluding hydrogens is 649 g/mol. The summed E-state index contributed by atoms with van der Waals surface area (Å²) in [5.41, 5.74) is 8.95. The fourth-order valence-corrected chi connectivity index (χ4v) is 7.73. The van der Waals surface area contributed by atoms with E-state index in [1.165, 1.54) is 22.2 Å². The van der Waals surface area contributed by atoms with Crippen LogP contribution in [-0.2, 0) is 32.8 Å². The van der Waals surface area contributed by atoms with Gasteiger partial charge < -0.3 is 30.2 Å². The van der Waals surface area contributed by atoms with Gasteiger partial charge in [-0.1, -0.05) is 38.1 Å². The van der Waals surface area contributed by atoms with Gasteiger partial charge in [0.1, 0.15) is 36.3 Å². The summed E-state index contributed by atoms with van der Waals surface area (Å²) in [6.07, 6.45) is 2.66. The van der Waals surface area contributed by atoms with Gasteiger partial charge in [0, 0.05) is 35.0 Å². The number of rotatable bonds is 11. The maximum atomic E-state index is 12.5. The van der Waals surface area contributed by atoms with Crippen LogP contribution in [0.5, 0.6) is 6.01 Å². The molecule has 0 radical (unpaired) electrons. The Balaban J connectivity index is 1.12. The minimum atomic E-state index is -0.685. The van der Waals surface area contributed by atoms with Crippen LogP contribution in [0, 0.1) is 11.3 Å². The van der Waals surface area contributed by atoms with E-state index in [-0.39, 0.29) is 23.6 Å². The van der Waals surface area contributed by atoms with E-state index >= 15 is 0 Å². The number of carbonyl (C=O) groups is 2. The van der Waals surface area contributed by atoms with Gasteiger partial charge in [0.2, 0.25) is 0 Å². The van der Waals surface area contributed by atoms with Crippen molar-refractivity contribution in [3.8, 4) is 21.8 Å². The van der Waals surface area contributed by atoms with Gasteiger partial charge in [0.25, 0.3) is 0 Å². The molecule has 250 valence electrons. The second-order valence-corrected chi connectivity index (χ2v) is 14.9. The van der Waals surface area contributed by atoms with Gasteiger partial charge in [-0.05, 0) is 67.3 Å². The Kier molecular flexibility index (Phi) is 10.1. The number of nitrogen functional groups attached to an aromatic ring is 1. The number of aromatic nitrogens is 2. The third kappa shape index (κ3) is 8.13. The predicted octanol–water partition coefficient (Wildman–Crippen LogP) is 6.68. The highest BCUT2D eigenvalue weighted by Crippen LogP contribution is 2.57. The highest BCUT2D eigenvalue weighted by molar-refractivity contribution is 7.25. The molecule has 3 heterocycles. The van der Waals surface area contributed by atoms with Crippen molar-refractivity contribution in [1.29, 1.82) is 5.26 Å². The number of carbonyl (C=O) groups excluding carboxylic acids is 2. The zero-order valence-electron chi connectivity index (χ0n) is 27.7. The summed E-state index contributed by atoms with van der Waals surface area (Å²) >= 11 is 3.24. The number of fused-ring (bicyclic) bond motifs is 3. The van der Waals surface area contributed by atoms with E-state index in [0.29, 0.717) is 25.5 Å². The topological polar surface area (TPSA) is 153 Å². The normalized spacial score (nSPS) is 13.2. The maximum Gasteiger partial charge on any atom is 0.407 e. The number of amides is 1. The Morgan fingerprint density at radius 2 is 1.77 bits per heavy atom. The van der Waals surface area contributed by atoms with Crippen molar-refractivity contribution >= 4 is 51.6 Å². The number of benzene rings is 1. The molecule has 1 amide bonds. The number of ether oxygens (including phenoxy) is 3. The molecule has 0 fully saturated rings. The van der Waals surface area contributed by atoms with Crippen molar-refractivity contribution in [3.63, 3.8) is 0 Å². The van der Waals surface area contributed by atoms with Gasteiger partial charge in [-0.3, -0.25) is 0 Å². The Morgan fingerprint density at radius 3 is 2.46 bits per heavy atom. The number of anilines is 2. The average Bonchev–Trinajstić information content (AvgIpc) is 3.71. The molecule has 3 N–H and O–H groups in total. The van der Waals surface area contributed by atoms with Gasteiger partial charge >= 0.3 is 18.1 Å². The lowest BCUT2D eigenvalue weighted by molar-refractivity contribution is -0.149. The van der Waals surface area contributed by atoms with E-state index in [4.69, 9.17) is 19.9 Å². The van der Waals surface area contributed by atoms with E-state index in [2.05, 4.69) is 46.2 Å². The SMILES string of the molecule is CN(CCOC(=O)NCc1ccc(COc2nccc(N)n2)cc1)c1cc2c(s1)-c1sc(/C=C(/C#N)C(=O)OC(C)(C)C)cc1C2(C)C. The largest absolute Gasteiger partial charge is 0.459 e. The van der Waals surface area contributed by atoms with E-state index in [0.717, 1.165) is 25.9 Å². The maximum absolute atomic E-state index is 12.5. The molecule has 0 aliphatic heterocycles. The first-order valence-electron chi connectivity index (χ1n) is 15.3. The number of esters is 1. The smallest absolute Gasteiger partial charge is 0.407 e. The molecule has 0 unspecified atom stereocenters. The van der Waals surface area contributed by atoms with E-state index in [1.54, 1.807) is 55.6 Å². The average molecular weight is 687 g/mol. The predicted molar refractivity (Wildman–Crippen MR) is 188 cm³/mol. The van der Waals surface area contributed by atoms with Crippen LogP contribution in [-0.4, -0.2) is 47.8 Å². The fraction of sp³-hybridized carbons (Fsp3) is 0.343. The monoisotopic (exact) mass is 686 g/mol. The number of nitrogens with one attached hydrogen (secondary N) is 1. The van der Waals surface area contributed by atoms with Crippen LogP contribution in [0.2, 0.25) is 0 Å². The second-order valence-electron chi connectivity index (χ2n) is 12.8. The molecule has 1 aliphatic rings. The van der Waals surface area contributed by atoms with Gasteiger partial charge in [0.05, 0.1) is 16.4 Å². The molecule has 13 heteroatoms. The zero-order valence-corrected chi connectivity index (χ0v) is 29.4. The Bertz CT molecular complexity index is 1880. The molecule has 1 aliphatic carbocycles. The van der Waals surface area contributed by atoms with Crippen molar-refractivity contribution in [2.45, 2.75) is 58.8 Å². The van der Waals surface area contributed by atoms with Crippen molar-refractivity contribution in [3.05, 3.63) is 81.4 Å². The minimum absolute atomic E-state index is 0.0245. The summed E-state index contributed by atoms with van der Waals surface area (Å²) in [5.74, 6) is -0.285. The first-order chi connectivity index (χ1) is 22.7. The highest BCUT2D eigenvalue weighted by atomic mass is 32.1. The van der Waals surface area contributed by atoms with E-state index in [9.17, 15) is 14.9 Å². The molecule has 11 nitrogen and oxygen atoms in total. The standard InChI is InChI=1S/C35H38N6O5S2/c1-34(2,3)46-31(42)23(18-36)15-24-16-25-29(47-24)30-26(35(25,4)5)17-28(48-30)41(6)13-14-44-33(43)39-19-21-7-9-22(10-8-21)20-45-32-38-12-11-27(37)40-32/h7-12,15-17H,13-14,19-20H2,1-6H3,(H,39,43)(H2,37,38,40)/b23-15-. The van der Waals surface area contributed by atoms with Gasteiger partial charge in [-0.15, -0.1) is 22.7 Å². The van der Waals surface area contributed by atoms with Crippen molar-refractivity contribution in [1.82, 2.24) is 15.3 Å². The molecule has 0 saturated carbocycles. The summed E-state index contributed by atoms with van der Waals surface area (Å²) in [6.45, 7) is 11.0. The lowest BCUT2D eigenvalue weighted by Gasteiger charge is -2.20. The minimum Gasteiger partial charge on any atom is -0.459 e. The second kappa shape index (κ2) is 14.0. The van der Waals surface area contributed by atoms with E-state index in [1.807, 2.05) is 37.4 Å². The number of hydrogen-bond donors (Lipinski definition) is 2. The lowest BCUT2D eigenvalue weighted by Crippen LogP contribution is -2.28. The molecule has 0 spiro atoms. The summed E-state index contributed by atoms with van der Waals surface area (Å²) in [5, 5.41) is 13.5. The van der Waals surface area contributed by atoms with Gasteiger partial charge in [0.15, 0.2) is 0 Å². The Morgan fingerprint density at radius 1 is 1.08 bits per heavy atom. The Hall–Kier alpha value is -4.93. The molecule has 1 aromatic carbocycles. The number of alkyl carbamates (subject to hydrolysis) is 1. The molecule has 3 aromatic heterocycles. The molecule has 48 heavy (non-hydrogen) atoms. The van der Waals surface area contributed by atoms with E-state index < -0.39 is 17.7 Å². The lowest BCUT2D eigenvalue weighted by atomic mass is 9.84. The number of thiophene rings is 2. The molecule has 4 aromatic rings. The van der Waals surface area contributed by atoms with Crippen LogP contribution < -0.4 is 20.7 Å². The molecular formula is C35H38N6O5S2. The van der Waals surface area contributed by atoms with Crippen LogP contribution in [0.4, 0.5) is 15.6 Å². The van der Waals surface area contributed by atoms with Gasteiger partial charge in [-0.25, -0.2) is 14.6 Å². The first-order valence-corrected chi connectivity index (χ1v) is 16.9. The van der Waals surface area contributed by atoms with Crippen LogP contribution in [0.25, 0.3) is 15.8 Å². The molecule has 0 atom stereocenters. The zero-order chi connectivity index (χ0) is 34.6. The van der Waals surface area contributed by atoms with Crippen molar-refractivity contribution < 1.29 is 23.8 Å². The number of nitriles is 1. The number of nitrogens with zero attached hydrogens (tertiary/aromatic N) is 4. The summed E-state index contributed by atoms with van der Waals surface area (Å²) in [7, 11) is 1.98. The van der Waals surface area contributed by atoms with Crippen LogP contribution in [0.15, 0.2) is 54.2 Å². The summed E-state index contributed by atoms with van der Waals surface area (Å²) in [6, 6.07) is 15.7. The third-order valence-corrected chi connectivity index (χ3v) is 10.1. The quantitative estimate of drug-likeness (QED) is 0.0993. The van der Waals surface area contributed by atoms with Crippen molar-refractivity contribution in [2.75, 3.05) is 30.8 Å². The third-order valence-electron chi connectivity index (χ3n) is 7.57. The summed E-state index contributed by atoms with van der Waals surface area (Å²) < 4.78 is 16.4. The molecule has 5 rings (SSSR count). The van der Waals surface area contributed by atoms with Crippen LogP contribution in [0.3, 0.4) is 0 Å². The molecule has 0 saturated heterocycles. The first kappa shape index (κ1) is 34.4. The molecule has 0 bridgehead atoms. The number of hydrogen-bond acceptors (Lipinski definition) is 12. The number of nitrogens with two attached hydrogens (primary N) is 1. The highest BCUT2D eigenvalue weighted by Gasteiger charge is 2.39.